The number of thiazole rings is 1. The van der Waals surface area contributed by atoms with Crippen LogP contribution in [-0.2, 0) is 9.53 Å². The molecule has 3 aromatic rings. The van der Waals surface area contributed by atoms with Crippen molar-refractivity contribution in [2.24, 2.45) is 5.92 Å². The minimum atomic E-state index is -0.975. The SMILES string of the molecule is COC(=O)c1csc(NC(=O)[C@@H](CC(C)C)n2c(O)c(-c3ccccc3)[nH]c2=O)n1. The highest BCUT2D eigenvalue weighted by Gasteiger charge is 2.29. The predicted octanol–water partition coefficient (Wildman–Crippen LogP) is 3.02. The van der Waals surface area contributed by atoms with Crippen LogP contribution in [0.3, 0.4) is 0 Å². The van der Waals surface area contributed by atoms with E-state index >= 15 is 0 Å². The number of nitrogens with zero attached hydrogens (tertiary/aromatic N) is 2. The summed E-state index contributed by atoms with van der Waals surface area (Å²) < 4.78 is 5.66. The van der Waals surface area contributed by atoms with Crippen molar-refractivity contribution in [3.8, 4) is 17.1 Å². The van der Waals surface area contributed by atoms with Gasteiger partial charge >= 0.3 is 11.7 Å². The maximum atomic E-state index is 13.0. The first-order chi connectivity index (χ1) is 14.3. The molecule has 0 bridgehead atoms. The number of amides is 1. The number of hydrogen-bond acceptors (Lipinski definition) is 7. The van der Waals surface area contributed by atoms with Gasteiger partial charge in [0.25, 0.3) is 0 Å². The van der Waals surface area contributed by atoms with E-state index in [-0.39, 0.29) is 28.3 Å². The highest BCUT2D eigenvalue weighted by Crippen LogP contribution is 2.31. The second-order valence-corrected chi connectivity index (χ2v) is 7.89. The van der Waals surface area contributed by atoms with Gasteiger partial charge in [0.2, 0.25) is 11.8 Å². The van der Waals surface area contributed by atoms with Crippen LogP contribution >= 0.6 is 11.3 Å². The number of carbonyl (C=O) groups excluding carboxylic acids is 2. The number of hydrogen-bond donors (Lipinski definition) is 3. The number of nitrogens with one attached hydrogen (secondary N) is 2. The van der Waals surface area contributed by atoms with E-state index in [0.29, 0.717) is 12.0 Å². The summed E-state index contributed by atoms with van der Waals surface area (Å²) in [5, 5.41) is 15.0. The Balaban J connectivity index is 1.94. The molecule has 3 N–H and O–H groups in total. The average Bonchev–Trinajstić information content (AvgIpc) is 3.30. The van der Waals surface area contributed by atoms with Crippen LogP contribution in [0.2, 0.25) is 0 Å². The Kier molecular flexibility index (Phi) is 6.36. The summed E-state index contributed by atoms with van der Waals surface area (Å²) in [5.41, 5.74) is 0.342. The zero-order valence-corrected chi connectivity index (χ0v) is 17.5. The Labute approximate surface area is 176 Å². The van der Waals surface area contributed by atoms with Gasteiger partial charge in [0.1, 0.15) is 11.7 Å². The molecule has 1 atom stereocenters. The second kappa shape index (κ2) is 8.95. The standard InChI is InChI=1S/C20H22N4O5S/c1-11(2)9-14(16(25)23-19-21-13(10-30-19)18(27)29-3)24-17(26)15(22-20(24)28)12-7-5-4-6-8-12/h4-8,10-11,14,26H,9H2,1-3H3,(H,22,28)(H,21,23,25)/t14-/m1/s1. The van der Waals surface area contributed by atoms with Crippen LogP contribution in [0.15, 0.2) is 40.5 Å². The summed E-state index contributed by atoms with van der Waals surface area (Å²) >= 11 is 1.06. The van der Waals surface area contributed by atoms with E-state index in [9.17, 15) is 19.5 Å². The molecule has 2 heterocycles. The van der Waals surface area contributed by atoms with Crippen LogP contribution in [-0.4, -0.2) is 38.6 Å². The Hall–Kier alpha value is -3.40. The third kappa shape index (κ3) is 4.43. The molecule has 1 amide bonds. The number of carbonyl (C=O) groups is 2. The van der Waals surface area contributed by atoms with Gasteiger partial charge in [-0.05, 0) is 12.3 Å². The summed E-state index contributed by atoms with van der Waals surface area (Å²) in [7, 11) is 1.24. The molecule has 158 valence electrons. The first-order valence-electron chi connectivity index (χ1n) is 9.25. The molecule has 0 spiro atoms. The third-order valence-corrected chi connectivity index (χ3v) is 5.16. The maximum absolute atomic E-state index is 13.0. The van der Waals surface area contributed by atoms with E-state index in [1.165, 1.54) is 12.5 Å². The van der Waals surface area contributed by atoms with E-state index in [4.69, 9.17) is 0 Å². The van der Waals surface area contributed by atoms with Crippen molar-refractivity contribution >= 4 is 28.3 Å². The van der Waals surface area contributed by atoms with Crippen molar-refractivity contribution in [3.05, 3.63) is 51.9 Å². The lowest BCUT2D eigenvalue weighted by Gasteiger charge is -2.19. The molecule has 30 heavy (non-hydrogen) atoms. The number of rotatable bonds is 7. The van der Waals surface area contributed by atoms with Crippen LogP contribution in [0.25, 0.3) is 11.3 Å². The second-order valence-electron chi connectivity index (χ2n) is 7.03. The highest BCUT2D eigenvalue weighted by atomic mass is 32.1. The molecular weight excluding hydrogens is 408 g/mol. The summed E-state index contributed by atoms with van der Waals surface area (Å²) in [6.45, 7) is 3.82. The van der Waals surface area contributed by atoms with E-state index in [0.717, 1.165) is 15.9 Å². The first kappa shape index (κ1) is 21.3. The third-order valence-electron chi connectivity index (χ3n) is 4.40. The maximum Gasteiger partial charge on any atom is 0.357 e. The van der Waals surface area contributed by atoms with E-state index in [1.807, 2.05) is 19.9 Å². The van der Waals surface area contributed by atoms with Crippen LogP contribution in [0, 0.1) is 5.92 Å². The zero-order chi connectivity index (χ0) is 21.8. The molecule has 2 aromatic heterocycles. The molecule has 0 unspecified atom stereocenters. The van der Waals surface area contributed by atoms with Gasteiger partial charge < -0.3 is 20.1 Å². The summed E-state index contributed by atoms with van der Waals surface area (Å²) in [6, 6.07) is 7.90. The molecule has 0 aliphatic heterocycles. The molecule has 3 rings (SSSR count). The Morgan fingerprint density at radius 1 is 1.30 bits per heavy atom. The molecule has 0 saturated carbocycles. The van der Waals surface area contributed by atoms with Crippen LogP contribution in [0.1, 0.15) is 36.8 Å². The van der Waals surface area contributed by atoms with Gasteiger partial charge in [-0.15, -0.1) is 11.3 Å². The molecule has 0 aliphatic rings. The van der Waals surface area contributed by atoms with Crippen molar-refractivity contribution in [2.75, 3.05) is 12.4 Å². The minimum Gasteiger partial charge on any atom is -0.493 e. The van der Waals surface area contributed by atoms with E-state index in [2.05, 4.69) is 20.0 Å². The van der Waals surface area contributed by atoms with Crippen molar-refractivity contribution in [1.82, 2.24) is 14.5 Å². The van der Waals surface area contributed by atoms with Crippen molar-refractivity contribution < 1.29 is 19.4 Å². The number of H-pyrrole nitrogens is 1. The quantitative estimate of drug-likeness (QED) is 0.495. The van der Waals surface area contributed by atoms with Gasteiger partial charge in [0, 0.05) is 10.9 Å². The number of esters is 1. The van der Waals surface area contributed by atoms with Gasteiger partial charge in [0.15, 0.2) is 10.8 Å². The molecule has 0 saturated heterocycles. The normalized spacial score (nSPS) is 12.0. The lowest BCUT2D eigenvalue weighted by atomic mass is 10.0. The lowest BCUT2D eigenvalue weighted by molar-refractivity contribution is -0.119. The zero-order valence-electron chi connectivity index (χ0n) is 16.7. The summed E-state index contributed by atoms with van der Waals surface area (Å²) in [4.78, 5) is 43.9. The minimum absolute atomic E-state index is 0.0593. The summed E-state index contributed by atoms with van der Waals surface area (Å²) in [5.74, 6) is -1.40. The largest absolute Gasteiger partial charge is 0.493 e. The molecule has 9 nitrogen and oxygen atoms in total. The monoisotopic (exact) mass is 430 g/mol. The first-order valence-corrected chi connectivity index (χ1v) is 10.1. The Morgan fingerprint density at radius 2 is 2.00 bits per heavy atom. The van der Waals surface area contributed by atoms with Gasteiger partial charge in [-0.2, -0.15) is 0 Å². The number of aromatic hydroxyl groups is 1. The van der Waals surface area contributed by atoms with Gasteiger partial charge in [0.05, 0.1) is 7.11 Å². The van der Waals surface area contributed by atoms with Gasteiger partial charge in [-0.3, -0.25) is 9.36 Å². The predicted molar refractivity (Wildman–Crippen MR) is 113 cm³/mol. The fourth-order valence-electron chi connectivity index (χ4n) is 3.03. The Bertz CT molecular complexity index is 1100. The van der Waals surface area contributed by atoms with Crippen LogP contribution < -0.4 is 11.0 Å². The smallest absolute Gasteiger partial charge is 0.357 e. The average molecular weight is 430 g/mol. The van der Waals surface area contributed by atoms with Gasteiger partial charge in [-0.1, -0.05) is 44.2 Å². The number of anilines is 1. The molecule has 10 heteroatoms. The fourth-order valence-corrected chi connectivity index (χ4v) is 3.71. The Morgan fingerprint density at radius 3 is 2.63 bits per heavy atom. The number of aromatic amines is 1. The van der Waals surface area contributed by atoms with E-state index in [1.54, 1.807) is 24.3 Å². The fraction of sp³-hybridized carbons (Fsp3) is 0.300. The van der Waals surface area contributed by atoms with Crippen LogP contribution in [0.4, 0.5) is 5.13 Å². The number of benzene rings is 1. The molecule has 0 aliphatic carbocycles. The van der Waals surface area contributed by atoms with Gasteiger partial charge in [-0.25, -0.2) is 14.6 Å². The number of methoxy groups -OCH3 is 1. The summed E-state index contributed by atoms with van der Waals surface area (Å²) in [6.07, 6.45) is 0.306. The number of aromatic nitrogens is 3. The van der Waals surface area contributed by atoms with Crippen LogP contribution in [0.5, 0.6) is 5.88 Å². The van der Waals surface area contributed by atoms with Crippen molar-refractivity contribution in [1.29, 1.82) is 0 Å². The molecular formula is C20H22N4O5S. The van der Waals surface area contributed by atoms with Crippen molar-refractivity contribution in [2.45, 2.75) is 26.3 Å². The number of ether oxygens (including phenoxy) is 1. The van der Waals surface area contributed by atoms with Crippen molar-refractivity contribution in [3.63, 3.8) is 0 Å². The number of imidazole rings is 1. The highest BCUT2D eigenvalue weighted by molar-refractivity contribution is 7.14. The molecule has 0 fully saturated rings. The molecule has 1 aromatic carbocycles. The topological polar surface area (TPSA) is 126 Å². The lowest BCUT2D eigenvalue weighted by Crippen LogP contribution is -2.33. The molecule has 0 radical (unpaired) electrons. The van der Waals surface area contributed by atoms with E-state index < -0.39 is 23.6 Å².